The quantitative estimate of drug-likeness (QED) is 0.658. The van der Waals surface area contributed by atoms with E-state index >= 15 is 0 Å². The van der Waals surface area contributed by atoms with Gasteiger partial charge in [0.2, 0.25) is 12.7 Å². The Balaban J connectivity index is 1.41. The molecule has 0 radical (unpaired) electrons. The molecule has 4 rings (SSSR count). The summed E-state index contributed by atoms with van der Waals surface area (Å²) in [7, 11) is 0. The Hall–Kier alpha value is -3.94. The lowest BCUT2D eigenvalue weighted by Crippen LogP contribution is -2.13. The molecule has 2 aromatic carbocycles. The average Bonchev–Trinajstić information content (AvgIpc) is 3.17. The van der Waals surface area contributed by atoms with Gasteiger partial charge in [0.05, 0.1) is 5.56 Å². The van der Waals surface area contributed by atoms with Gasteiger partial charge in [-0.2, -0.15) is 0 Å². The van der Waals surface area contributed by atoms with Gasteiger partial charge in [0.1, 0.15) is 0 Å². The first-order valence-corrected chi connectivity index (χ1v) is 8.49. The Labute approximate surface area is 160 Å². The van der Waals surface area contributed by atoms with E-state index in [2.05, 4.69) is 20.6 Å². The minimum Gasteiger partial charge on any atom is -0.454 e. The van der Waals surface area contributed by atoms with Crippen molar-refractivity contribution in [1.29, 1.82) is 0 Å². The predicted octanol–water partition coefficient (Wildman–Crippen LogP) is 3.40. The molecule has 0 spiro atoms. The van der Waals surface area contributed by atoms with Crippen molar-refractivity contribution in [2.75, 3.05) is 17.4 Å². The molecule has 8 heteroatoms. The monoisotopic (exact) mass is 376 g/mol. The van der Waals surface area contributed by atoms with Crippen molar-refractivity contribution in [3.05, 3.63) is 66.0 Å². The normalized spacial score (nSPS) is 11.8. The lowest BCUT2D eigenvalue weighted by atomic mass is 10.1. The molecular weight excluding hydrogens is 360 g/mol. The smallest absolute Gasteiger partial charge is 0.258 e. The highest BCUT2D eigenvalue weighted by molar-refractivity contribution is 6.04. The number of carbonyl (C=O) groups is 2. The number of aromatic nitrogens is 2. The van der Waals surface area contributed by atoms with Gasteiger partial charge in [-0.1, -0.05) is 0 Å². The minimum atomic E-state index is -0.337. The van der Waals surface area contributed by atoms with Crippen LogP contribution >= 0.6 is 0 Å². The Kier molecular flexibility index (Phi) is 4.59. The molecule has 0 atom stereocenters. The Morgan fingerprint density at radius 3 is 2.29 bits per heavy atom. The number of fused-ring (bicyclic) bond motifs is 1. The summed E-state index contributed by atoms with van der Waals surface area (Å²) in [6.45, 7) is 1.69. The number of benzene rings is 2. The molecule has 0 fully saturated rings. The van der Waals surface area contributed by atoms with E-state index in [1.807, 2.05) is 0 Å². The number of ether oxygens (including phenoxy) is 2. The van der Waals surface area contributed by atoms with E-state index in [0.29, 0.717) is 34.3 Å². The van der Waals surface area contributed by atoms with E-state index in [4.69, 9.17) is 9.47 Å². The molecule has 0 bridgehead atoms. The van der Waals surface area contributed by atoms with E-state index in [1.165, 1.54) is 19.3 Å². The summed E-state index contributed by atoms with van der Waals surface area (Å²) in [6, 6.07) is 12.1. The van der Waals surface area contributed by atoms with Gasteiger partial charge in [-0.3, -0.25) is 9.59 Å². The molecule has 1 amide bonds. The van der Waals surface area contributed by atoms with Crippen LogP contribution in [-0.2, 0) is 0 Å². The summed E-state index contributed by atoms with van der Waals surface area (Å²) in [5, 5.41) is 5.79. The number of Topliss-reactive ketones (excluding diaryl/α,β-unsaturated/α-hetero) is 1. The van der Waals surface area contributed by atoms with Crippen molar-refractivity contribution in [1.82, 2.24) is 9.97 Å². The van der Waals surface area contributed by atoms with Crippen molar-refractivity contribution in [2.45, 2.75) is 6.92 Å². The summed E-state index contributed by atoms with van der Waals surface area (Å²) >= 11 is 0. The third-order valence-electron chi connectivity index (χ3n) is 4.09. The zero-order valence-corrected chi connectivity index (χ0v) is 14.9. The van der Waals surface area contributed by atoms with Crippen LogP contribution in [0.5, 0.6) is 11.5 Å². The predicted molar refractivity (Wildman–Crippen MR) is 102 cm³/mol. The van der Waals surface area contributed by atoms with Crippen molar-refractivity contribution >= 4 is 29.0 Å². The van der Waals surface area contributed by atoms with E-state index in [0.717, 1.165) is 5.69 Å². The highest BCUT2D eigenvalue weighted by atomic mass is 16.7. The van der Waals surface area contributed by atoms with Crippen LogP contribution < -0.4 is 20.1 Å². The fourth-order valence-electron chi connectivity index (χ4n) is 2.60. The number of nitrogens with one attached hydrogen (secondary N) is 2. The number of nitrogens with zero attached hydrogens (tertiary/aromatic N) is 2. The number of carbonyl (C=O) groups excluding carboxylic acids is 2. The fraction of sp³-hybridized carbons (Fsp3) is 0.100. The Bertz CT molecular complexity index is 1030. The second kappa shape index (κ2) is 7.36. The number of anilines is 3. The SMILES string of the molecule is CC(=O)c1ccc(Nc2ncc(C(=O)Nc3ccc4c(c3)OCO4)cn2)cc1. The van der Waals surface area contributed by atoms with Crippen LogP contribution in [0.4, 0.5) is 17.3 Å². The molecule has 28 heavy (non-hydrogen) atoms. The largest absolute Gasteiger partial charge is 0.454 e. The van der Waals surface area contributed by atoms with Crippen LogP contribution in [0.15, 0.2) is 54.9 Å². The maximum absolute atomic E-state index is 12.4. The molecule has 2 N–H and O–H groups in total. The van der Waals surface area contributed by atoms with Crippen molar-refractivity contribution in [2.24, 2.45) is 0 Å². The van der Waals surface area contributed by atoms with E-state index in [1.54, 1.807) is 42.5 Å². The topological polar surface area (TPSA) is 102 Å². The van der Waals surface area contributed by atoms with Crippen molar-refractivity contribution < 1.29 is 19.1 Å². The number of amides is 1. The Morgan fingerprint density at radius 1 is 0.893 bits per heavy atom. The molecule has 2 heterocycles. The standard InChI is InChI=1S/C20H16N4O4/c1-12(25)13-2-4-15(5-3-13)24-20-21-9-14(10-22-20)19(26)23-16-6-7-17-18(8-16)28-11-27-17/h2-10H,11H2,1H3,(H,23,26)(H,21,22,24). The number of ketones is 1. The zero-order chi connectivity index (χ0) is 19.5. The lowest BCUT2D eigenvalue weighted by Gasteiger charge is -2.07. The van der Waals surface area contributed by atoms with E-state index in [-0.39, 0.29) is 18.5 Å². The van der Waals surface area contributed by atoms with Gasteiger partial charge in [-0.25, -0.2) is 9.97 Å². The van der Waals surface area contributed by atoms with E-state index < -0.39 is 0 Å². The molecular formula is C20H16N4O4. The first-order chi connectivity index (χ1) is 13.6. The molecule has 1 aliphatic heterocycles. The maximum atomic E-state index is 12.4. The first-order valence-electron chi connectivity index (χ1n) is 8.49. The zero-order valence-electron chi connectivity index (χ0n) is 14.9. The van der Waals surface area contributed by atoms with Gasteiger partial charge in [-0.15, -0.1) is 0 Å². The number of hydrogen-bond donors (Lipinski definition) is 2. The van der Waals surface area contributed by atoms with Crippen molar-refractivity contribution in [3.8, 4) is 11.5 Å². The molecule has 0 saturated heterocycles. The summed E-state index contributed by atoms with van der Waals surface area (Å²) in [5.41, 5.74) is 2.27. The molecule has 0 aliphatic carbocycles. The van der Waals surface area contributed by atoms with Gasteiger partial charge >= 0.3 is 0 Å². The Morgan fingerprint density at radius 2 is 1.57 bits per heavy atom. The molecule has 1 aromatic heterocycles. The first kappa shape index (κ1) is 17.5. The van der Waals surface area contributed by atoms with Gasteiger partial charge in [-0.05, 0) is 43.3 Å². The fourth-order valence-corrected chi connectivity index (χ4v) is 2.60. The second-order valence-corrected chi connectivity index (χ2v) is 6.08. The van der Waals surface area contributed by atoms with Crippen LogP contribution in [-0.4, -0.2) is 28.5 Å². The van der Waals surface area contributed by atoms with Crippen LogP contribution in [0, 0.1) is 0 Å². The van der Waals surface area contributed by atoms with Crippen LogP contribution in [0.3, 0.4) is 0 Å². The highest BCUT2D eigenvalue weighted by Gasteiger charge is 2.15. The minimum absolute atomic E-state index is 0.000579. The van der Waals surface area contributed by atoms with Gasteiger partial charge in [0, 0.05) is 35.4 Å². The summed E-state index contributed by atoms with van der Waals surface area (Å²) in [5.74, 6) is 1.24. The lowest BCUT2D eigenvalue weighted by molar-refractivity contribution is 0.101. The molecule has 1 aliphatic rings. The van der Waals surface area contributed by atoms with Crippen molar-refractivity contribution in [3.63, 3.8) is 0 Å². The number of hydrogen-bond acceptors (Lipinski definition) is 7. The van der Waals surface area contributed by atoms with Crippen LogP contribution in [0.2, 0.25) is 0 Å². The second-order valence-electron chi connectivity index (χ2n) is 6.08. The molecule has 3 aromatic rings. The van der Waals surface area contributed by atoms with Crippen LogP contribution in [0.25, 0.3) is 0 Å². The molecule has 0 saturated carbocycles. The molecule has 8 nitrogen and oxygen atoms in total. The highest BCUT2D eigenvalue weighted by Crippen LogP contribution is 2.34. The summed E-state index contributed by atoms with van der Waals surface area (Å²) in [4.78, 5) is 32.0. The molecule has 140 valence electrons. The van der Waals surface area contributed by atoms with Crippen LogP contribution in [0.1, 0.15) is 27.6 Å². The molecule has 0 unspecified atom stereocenters. The maximum Gasteiger partial charge on any atom is 0.258 e. The number of rotatable bonds is 5. The average molecular weight is 376 g/mol. The van der Waals surface area contributed by atoms with E-state index in [9.17, 15) is 9.59 Å². The van der Waals surface area contributed by atoms with Gasteiger partial charge in [0.15, 0.2) is 17.3 Å². The van der Waals surface area contributed by atoms with Gasteiger partial charge < -0.3 is 20.1 Å². The van der Waals surface area contributed by atoms with Gasteiger partial charge in [0.25, 0.3) is 5.91 Å². The summed E-state index contributed by atoms with van der Waals surface area (Å²) < 4.78 is 10.5. The third kappa shape index (κ3) is 3.75. The third-order valence-corrected chi connectivity index (χ3v) is 4.09. The summed E-state index contributed by atoms with van der Waals surface area (Å²) in [6.07, 6.45) is 2.86.